The van der Waals surface area contributed by atoms with Gasteiger partial charge in [-0.2, -0.15) is 0 Å². The molecule has 0 saturated carbocycles. The van der Waals surface area contributed by atoms with Gasteiger partial charge in [0.2, 0.25) is 5.91 Å². The molecule has 1 amide bonds. The third-order valence-electron chi connectivity index (χ3n) is 5.64. The van der Waals surface area contributed by atoms with Crippen molar-refractivity contribution in [3.8, 4) is 11.4 Å². The number of hydrogen-bond donors (Lipinski definition) is 1. The van der Waals surface area contributed by atoms with Gasteiger partial charge in [0.05, 0.1) is 6.54 Å². The lowest BCUT2D eigenvalue weighted by molar-refractivity contribution is -0.130. The molecule has 4 rings (SSSR count). The van der Waals surface area contributed by atoms with E-state index in [-0.39, 0.29) is 12.5 Å². The fraction of sp³-hybridized carbons (Fsp3) is 0.550. The average Bonchev–Trinajstić information content (AvgIpc) is 3.45. The summed E-state index contributed by atoms with van der Waals surface area (Å²) < 4.78 is 1.98. The van der Waals surface area contributed by atoms with Crippen molar-refractivity contribution in [2.45, 2.75) is 38.8 Å². The molecule has 1 N–H and O–H groups in total. The molecule has 0 aliphatic carbocycles. The molecule has 1 aromatic heterocycles. The number of halogens is 1. The van der Waals surface area contributed by atoms with Crippen LogP contribution in [0.2, 0.25) is 5.02 Å². The molecule has 28 heavy (non-hydrogen) atoms. The van der Waals surface area contributed by atoms with Gasteiger partial charge in [0, 0.05) is 36.4 Å². The van der Waals surface area contributed by atoms with Crippen LogP contribution in [0.5, 0.6) is 0 Å². The monoisotopic (exact) mass is 402 g/mol. The molecule has 2 aliphatic rings. The number of carbonyl (C=O) groups is 1. The van der Waals surface area contributed by atoms with E-state index >= 15 is 0 Å². The van der Waals surface area contributed by atoms with Crippen LogP contribution in [0.4, 0.5) is 5.69 Å². The lowest BCUT2D eigenvalue weighted by Gasteiger charge is -2.20. The number of hydrogen-bond acceptors (Lipinski definition) is 5. The minimum absolute atomic E-state index is 0.134. The van der Waals surface area contributed by atoms with Gasteiger partial charge in [0.25, 0.3) is 0 Å². The van der Waals surface area contributed by atoms with Gasteiger partial charge in [-0.3, -0.25) is 9.69 Å². The van der Waals surface area contributed by atoms with Crippen molar-refractivity contribution >= 4 is 23.2 Å². The summed E-state index contributed by atoms with van der Waals surface area (Å²) in [5.74, 6) is 1.66. The van der Waals surface area contributed by atoms with Crippen LogP contribution in [0, 0.1) is 0 Å². The largest absolute Gasteiger partial charge is 0.388 e. The topological polar surface area (TPSA) is 66.3 Å². The highest BCUT2D eigenvalue weighted by Crippen LogP contribution is 2.30. The van der Waals surface area contributed by atoms with Crippen molar-refractivity contribution in [3.05, 3.63) is 29.0 Å². The Kier molecular flexibility index (Phi) is 5.82. The number of aromatic nitrogens is 3. The van der Waals surface area contributed by atoms with Crippen LogP contribution < -0.4 is 5.32 Å². The molecule has 0 bridgehead atoms. The van der Waals surface area contributed by atoms with E-state index in [1.165, 1.54) is 12.8 Å². The number of nitrogens with one attached hydrogen (secondary N) is 1. The molecule has 2 aliphatic heterocycles. The third kappa shape index (κ3) is 4.00. The van der Waals surface area contributed by atoms with Crippen LogP contribution in [0.25, 0.3) is 11.4 Å². The molecule has 0 atom stereocenters. The Morgan fingerprint density at radius 2 is 1.82 bits per heavy atom. The maximum absolute atomic E-state index is 12.9. The number of nitrogens with zero attached hydrogens (tertiary/aromatic N) is 5. The highest BCUT2D eigenvalue weighted by molar-refractivity contribution is 6.31. The quantitative estimate of drug-likeness (QED) is 0.804. The van der Waals surface area contributed by atoms with Gasteiger partial charge in [0.15, 0.2) is 5.82 Å². The van der Waals surface area contributed by atoms with Crippen molar-refractivity contribution < 1.29 is 4.79 Å². The second kappa shape index (κ2) is 8.49. The second-order valence-electron chi connectivity index (χ2n) is 7.54. The molecule has 2 aromatic rings. The predicted octanol–water partition coefficient (Wildman–Crippen LogP) is 2.86. The Morgan fingerprint density at radius 3 is 2.54 bits per heavy atom. The van der Waals surface area contributed by atoms with Crippen LogP contribution in [0.15, 0.2) is 18.2 Å². The maximum atomic E-state index is 12.9. The van der Waals surface area contributed by atoms with E-state index in [0.717, 1.165) is 62.6 Å². The summed E-state index contributed by atoms with van der Waals surface area (Å²) in [6, 6.07) is 5.66. The lowest BCUT2D eigenvalue weighted by Crippen LogP contribution is -2.32. The van der Waals surface area contributed by atoms with Crippen molar-refractivity contribution in [3.63, 3.8) is 0 Å². The van der Waals surface area contributed by atoms with Crippen LogP contribution in [-0.2, 0) is 17.9 Å². The van der Waals surface area contributed by atoms with Gasteiger partial charge in [-0.1, -0.05) is 11.6 Å². The van der Waals surface area contributed by atoms with E-state index in [1.54, 1.807) is 0 Å². The van der Waals surface area contributed by atoms with Crippen LogP contribution >= 0.6 is 11.6 Å². The van der Waals surface area contributed by atoms with Gasteiger partial charge in [0.1, 0.15) is 12.4 Å². The summed E-state index contributed by atoms with van der Waals surface area (Å²) in [6.07, 6.45) is 4.59. The standard InChI is InChI=1S/C20H27ClN6O/c1-22-17-7-6-15(21)12-16(17)20-24-23-18(13-25-8-2-3-9-25)27(20)14-19(28)26-10-4-5-11-26/h6-7,12,22H,2-5,8-11,13-14H2,1H3. The summed E-state index contributed by atoms with van der Waals surface area (Å²) in [4.78, 5) is 17.2. The first-order valence-corrected chi connectivity index (χ1v) is 10.4. The van der Waals surface area contributed by atoms with E-state index < -0.39 is 0 Å². The third-order valence-corrected chi connectivity index (χ3v) is 5.87. The Bertz CT molecular complexity index is 839. The zero-order chi connectivity index (χ0) is 19.5. The molecule has 0 unspecified atom stereocenters. The minimum Gasteiger partial charge on any atom is -0.388 e. The molecule has 2 saturated heterocycles. The molecular formula is C20H27ClN6O. The van der Waals surface area contributed by atoms with Gasteiger partial charge < -0.3 is 14.8 Å². The highest BCUT2D eigenvalue weighted by atomic mass is 35.5. The zero-order valence-corrected chi connectivity index (χ0v) is 17.1. The molecule has 8 heteroatoms. The van der Waals surface area contributed by atoms with Crippen molar-refractivity contribution in [2.24, 2.45) is 0 Å². The van der Waals surface area contributed by atoms with Gasteiger partial charge in [-0.05, 0) is 57.0 Å². The Balaban J connectivity index is 1.70. The number of rotatable bonds is 6. The SMILES string of the molecule is CNc1ccc(Cl)cc1-c1nnc(CN2CCCC2)n1CC(=O)N1CCCC1. The number of carbonyl (C=O) groups excluding carboxylic acids is 1. The summed E-state index contributed by atoms with van der Waals surface area (Å²) in [5, 5.41) is 12.8. The fourth-order valence-electron chi connectivity index (χ4n) is 4.08. The van der Waals surface area contributed by atoms with Crippen LogP contribution in [0.1, 0.15) is 31.5 Å². The van der Waals surface area contributed by atoms with Gasteiger partial charge in [-0.25, -0.2) is 0 Å². The molecule has 0 radical (unpaired) electrons. The first kappa shape index (κ1) is 19.2. The normalized spacial score (nSPS) is 17.4. The van der Waals surface area contributed by atoms with Crippen molar-refractivity contribution in [2.75, 3.05) is 38.5 Å². The van der Waals surface area contributed by atoms with Crippen LogP contribution in [-0.4, -0.2) is 63.7 Å². The molecule has 1 aromatic carbocycles. The smallest absolute Gasteiger partial charge is 0.242 e. The van der Waals surface area contributed by atoms with E-state index in [0.29, 0.717) is 10.8 Å². The van der Waals surface area contributed by atoms with Crippen molar-refractivity contribution in [1.29, 1.82) is 0 Å². The lowest BCUT2D eigenvalue weighted by atomic mass is 10.1. The first-order valence-electron chi connectivity index (χ1n) is 10.1. The number of amides is 1. The number of likely N-dealkylation sites (tertiary alicyclic amines) is 2. The molecule has 3 heterocycles. The van der Waals surface area contributed by atoms with E-state index in [1.807, 2.05) is 34.7 Å². The zero-order valence-electron chi connectivity index (χ0n) is 16.3. The minimum atomic E-state index is 0.134. The molecule has 0 spiro atoms. The second-order valence-corrected chi connectivity index (χ2v) is 7.97. The van der Waals surface area contributed by atoms with Crippen molar-refractivity contribution in [1.82, 2.24) is 24.6 Å². The number of anilines is 1. The fourth-order valence-corrected chi connectivity index (χ4v) is 4.25. The maximum Gasteiger partial charge on any atom is 0.242 e. The predicted molar refractivity (Wildman–Crippen MR) is 110 cm³/mol. The van der Waals surface area contributed by atoms with Gasteiger partial charge >= 0.3 is 0 Å². The number of benzene rings is 1. The molecule has 2 fully saturated rings. The summed E-state index contributed by atoms with van der Waals surface area (Å²) in [6.45, 7) is 4.81. The Morgan fingerprint density at radius 1 is 1.11 bits per heavy atom. The molecule has 7 nitrogen and oxygen atoms in total. The molecule has 150 valence electrons. The van der Waals surface area contributed by atoms with E-state index in [9.17, 15) is 4.79 Å². The summed E-state index contributed by atoms with van der Waals surface area (Å²) in [7, 11) is 1.87. The van der Waals surface area contributed by atoms with E-state index in [4.69, 9.17) is 11.6 Å². The Labute approximate surface area is 170 Å². The highest BCUT2D eigenvalue weighted by Gasteiger charge is 2.25. The Hall–Kier alpha value is -2.12. The average molecular weight is 403 g/mol. The van der Waals surface area contributed by atoms with Crippen LogP contribution in [0.3, 0.4) is 0 Å². The summed E-state index contributed by atoms with van der Waals surface area (Å²) >= 11 is 6.26. The van der Waals surface area contributed by atoms with Gasteiger partial charge in [-0.15, -0.1) is 10.2 Å². The van der Waals surface area contributed by atoms with E-state index in [2.05, 4.69) is 20.4 Å². The summed E-state index contributed by atoms with van der Waals surface area (Å²) in [5.41, 5.74) is 1.78. The first-order chi connectivity index (χ1) is 13.7. The molecular weight excluding hydrogens is 376 g/mol.